The van der Waals surface area contributed by atoms with Gasteiger partial charge in [0.05, 0.1) is 16.1 Å². The summed E-state index contributed by atoms with van der Waals surface area (Å²) in [6.45, 7) is 0. The van der Waals surface area contributed by atoms with Gasteiger partial charge in [-0.3, -0.25) is 5.84 Å². The highest BCUT2D eigenvalue weighted by Gasteiger charge is 2.21. The van der Waals surface area contributed by atoms with Crippen molar-refractivity contribution in [2.75, 3.05) is 0 Å². The molecule has 0 saturated carbocycles. The van der Waals surface area contributed by atoms with Crippen molar-refractivity contribution in [1.82, 2.24) is 5.43 Å². The fourth-order valence-corrected chi connectivity index (χ4v) is 2.25. The molecule has 2 aromatic rings. The van der Waals surface area contributed by atoms with Crippen molar-refractivity contribution in [1.29, 1.82) is 0 Å². The molecule has 100 valence electrons. The molecule has 0 radical (unpaired) electrons. The molecule has 0 amide bonds. The summed E-state index contributed by atoms with van der Waals surface area (Å²) in [6.07, 6.45) is 0. The highest BCUT2D eigenvalue weighted by atomic mass is 35.5. The molecule has 1 atom stereocenters. The third-order valence-electron chi connectivity index (χ3n) is 2.75. The lowest BCUT2D eigenvalue weighted by Crippen LogP contribution is -2.30. The van der Waals surface area contributed by atoms with Crippen LogP contribution < -0.4 is 11.3 Å². The molecule has 19 heavy (non-hydrogen) atoms. The molecule has 0 heterocycles. The summed E-state index contributed by atoms with van der Waals surface area (Å²) in [5.41, 5.74) is 2.96. The van der Waals surface area contributed by atoms with Crippen LogP contribution in [0.2, 0.25) is 10.0 Å². The van der Waals surface area contributed by atoms with E-state index in [9.17, 15) is 8.78 Å². The summed E-state index contributed by atoms with van der Waals surface area (Å²) in [5, 5.41) is 0.562. The van der Waals surface area contributed by atoms with Gasteiger partial charge in [0.1, 0.15) is 0 Å². The van der Waals surface area contributed by atoms with E-state index in [1.807, 2.05) is 0 Å². The Hall–Kier alpha value is -1.20. The Kier molecular flexibility index (Phi) is 4.37. The normalized spacial score (nSPS) is 12.5. The highest BCUT2D eigenvalue weighted by Crippen LogP contribution is 2.33. The molecule has 0 fully saturated rings. The van der Waals surface area contributed by atoms with Crippen LogP contribution in [0.4, 0.5) is 8.78 Å². The van der Waals surface area contributed by atoms with E-state index in [0.29, 0.717) is 10.6 Å². The van der Waals surface area contributed by atoms with Gasteiger partial charge in [-0.1, -0.05) is 47.5 Å². The first-order valence-electron chi connectivity index (χ1n) is 5.40. The fourth-order valence-electron chi connectivity index (χ4n) is 1.83. The average Bonchev–Trinajstić information content (AvgIpc) is 2.40. The Bertz CT molecular complexity index is 554. The Morgan fingerprint density at radius 3 is 2.32 bits per heavy atom. The van der Waals surface area contributed by atoms with Crippen molar-refractivity contribution in [3.8, 4) is 0 Å². The maximum atomic E-state index is 13.8. The Morgan fingerprint density at radius 1 is 1.00 bits per heavy atom. The number of hydrogen-bond acceptors (Lipinski definition) is 2. The Labute approximate surface area is 119 Å². The van der Waals surface area contributed by atoms with Crippen LogP contribution >= 0.6 is 23.2 Å². The van der Waals surface area contributed by atoms with Crippen LogP contribution in [0.3, 0.4) is 0 Å². The SMILES string of the molecule is NNC(c1cccc(F)c1F)c1cccc(Cl)c1Cl. The first-order chi connectivity index (χ1) is 9.06. The van der Waals surface area contributed by atoms with Crippen LogP contribution in [-0.2, 0) is 0 Å². The van der Waals surface area contributed by atoms with Gasteiger partial charge < -0.3 is 0 Å². The molecule has 0 saturated heterocycles. The zero-order chi connectivity index (χ0) is 14.0. The minimum absolute atomic E-state index is 0.0617. The van der Waals surface area contributed by atoms with Gasteiger partial charge >= 0.3 is 0 Å². The van der Waals surface area contributed by atoms with E-state index in [2.05, 4.69) is 5.43 Å². The maximum Gasteiger partial charge on any atom is 0.163 e. The maximum absolute atomic E-state index is 13.8. The quantitative estimate of drug-likeness (QED) is 0.668. The third-order valence-corrected chi connectivity index (χ3v) is 3.59. The summed E-state index contributed by atoms with van der Waals surface area (Å²) < 4.78 is 27.1. The number of hydrazine groups is 1. The number of nitrogens with two attached hydrogens (primary N) is 1. The van der Waals surface area contributed by atoms with Crippen LogP contribution in [0, 0.1) is 11.6 Å². The first kappa shape index (κ1) is 14.2. The molecular formula is C13H10Cl2F2N2. The number of hydrogen-bond donors (Lipinski definition) is 2. The van der Waals surface area contributed by atoms with E-state index in [-0.39, 0.29) is 10.6 Å². The Balaban J connectivity index is 2.57. The molecule has 0 spiro atoms. The van der Waals surface area contributed by atoms with Gasteiger partial charge in [0.25, 0.3) is 0 Å². The van der Waals surface area contributed by atoms with Crippen LogP contribution in [-0.4, -0.2) is 0 Å². The van der Waals surface area contributed by atoms with Gasteiger partial charge in [-0.2, -0.15) is 0 Å². The van der Waals surface area contributed by atoms with Crippen molar-refractivity contribution < 1.29 is 8.78 Å². The van der Waals surface area contributed by atoms with Crippen LogP contribution in [0.25, 0.3) is 0 Å². The lowest BCUT2D eigenvalue weighted by molar-refractivity contribution is 0.483. The van der Waals surface area contributed by atoms with Gasteiger partial charge in [0.2, 0.25) is 0 Å². The average molecular weight is 303 g/mol. The highest BCUT2D eigenvalue weighted by molar-refractivity contribution is 6.42. The molecule has 0 aliphatic heterocycles. The third kappa shape index (κ3) is 2.72. The van der Waals surface area contributed by atoms with Crippen LogP contribution in [0.15, 0.2) is 36.4 Å². The van der Waals surface area contributed by atoms with E-state index in [0.717, 1.165) is 6.07 Å². The standard InChI is InChI=1S/C13H10Cl2F2N2/c14-9-5-1-3-7(11(9)15)13(19-18)8-4-2-6-10(16)12(8)17/h1-6,13,19H,18H2. The van der Waals surface area contributed by atoms with E-state index in [1.165, 1.54) is 12.1 Å². The fraction of sp³-hybridized carbons (Fsp3) is 0.0769. The van der Waals surface area contributed by atoms with Gasteiger partial charge in [-0.05, 0) is 17.7 Å². The molecule has 0 bridgehead atoms. The molecule has 0 aliphatic carbocycles. The minimum Gasteiger partial charge on any atom is -0.271 e. The summed E-state index contributed by atoms with van der Waals surface area (Å²) in [4.78, 5) is 0. The second-order valence-corrected chi connectivity index (χ2v) is 4.67. The zero-order valence-corrected chi connectivity index (χ0v) is 11.1. The smallest absolute Gasteiger partial charge is 0.163 e. The Morgan fingerprint density at radius 2 is 1.63 bits per heavy atom. The van der Waals surface area contributed by atoms with E-state index >= 15 is 0 Å². The molecule has 3 N–H and O–H groups in total. The zero-order valence-electron chi connectivity index (χ0n) is 9.63. The predicted octanol–water partition coefficient (Wildman–Crippen LogP) is 3.82. The van der Waals surface area contributed by atoms with Gasteiger partial charge in [-0.15, -0.1) is 0 Å². The summed E-state index contributed by atoms with van der Waals surface area (Å²) in [6, 6.07) is 7.97. The van der Waals surface area contributed by atoms with E-state index in [1.54, 1.807) is 18.2 Å². The molecule has 0 aliphatic rings. The molecule has 6 heteroatoms. The number of nitrogens with one attached hydrogen (secondary N) is 1. The summed E-state index contributed by atoms with van der Waals surface area (Å²) in [5.74, 6) is 3.51. The van der Waals surface area contributed by atoms with Crippen molar-refractivity contribution in [3.05, 3.63) is 69.2 Å². The second-order valence-electron chi connectivity index (χ2n) is 3.89. The monoisotopic (exact) mass is 302 g/mol. The van der Waals surface area contributed by atoms with Crippen LogP contribution in [0.1, 0.15) is 17.2 Å². The van der Waals surface area contributed by atoms with Crippen LogP contribution in [0.5, 0.6) is 0 Å². The van der Waals surface area contributed by atoms with E-state index < -0.39 is 17.7 Å². The van der Waals surface area contributed by atoms with Crippen molar-refractivity contribution in [2.24, 2.45) is 5.84 Å². The molecular weight excluding hydrogens is 293 g/mol. The van der Waals surface area contributed by atoms with Gasteiger partial charge in [-0.25, -0.2) is 14.2 Å². The largest absolute Gasteiger partial charge is 0.271 e. The van der Waals surface area contributed by atoms with Crippen molar-refractivity contribution in [2.45, 2.75) is 6.04 Å². The van der Waals surface area contributed by atoms with Crippen molar-refractivity contribution >= 4 is 23.2 Å². The second kappa shape index (κ2) is 5.84. The number of rotatable bonds is 3. The number of benzene rings is 2. The first-order valence-corrected chi connectivity index (χ1v) is 6.15. The number of halogens is 4. The molecule has 2 rings (SSSR count). The molecule has 0 aromatic heterocycles. The summed E-state index contributed by atoms with van der Waals surface area (Å²) in [7, 11) is 0. The lowest BCUT2D eigenvalue weighted by Gasteiger charge is -2.19. The van der Waals surface area contributed by atoms with Crippen molar-refractivity contribution in [3.63, 3.8) is 0 Å². The molecule has 2 nitrogen and oxygen atoms in total. The summed E-state index contributed by atoms with van der Waals surface area (Å²) >= 11 is 12.0. The molecule has 2 aromatic carbocycles. The van der Waals surface area contributed by atoms with Gasteiger partial charge in [0.15, 0.2) is 11.6 Å². The lowest BCUT2D eigenvalue weighted by atomic mass is 9.98. The topological polar surface area (TPSA) is 38.0 Å². The van der Waals surface area contributed by atoms with E-state index in [4.69, 9.17) is 29.0 Å². The minimum atomic E-state index is -0.971. The van der Waals surface area contributed by atoms with Gasteiger partial charge in [0, 0.05) is 5.56 Å². The predicted molar refractivity (Wildman–Crippen MR) is 72.0 cm³/mol. The molecule has 1 unspecified atom stereocenters.